The van der Waals surface area contributed by atoms with Crippen molar-refractivity contribution in [2.45, 2.75) is 51.4 Å². The Morgan fingerprint density at radius 3 is 1.54 bits per heavy atom. The minimum atomic E-state index is -5.06. The minimum Gasteiger partial charge on any atom is -0.780 e. The van der Waals surface area contributed by atoms with Crippen LogP contribution in [-0.2, 0) is 14.0 Å². The molecule has 4 atom stereocenters. The molecule has 0 heterocycles. The van der Waals surface area contributed by atoms with Crippen LogP contribution in [0.1, 0.15) is 62.5 Å². The summed E-state index contributed by atoms with van der Waals surface area (Å²) in [6.45, 7) is 0. The van der Waals surface area contributed by atoms with Gasteiger partial charge < -0.3 is 33.5 Å². The molecule has 0 amide bonds. The van der Waals surface area contributed by atoms with Crippen molar-refractivity contribution >= 4 is 19.3 Å². The van der Waals surface area contributed by atoms with E-state index < -0.39 is 7.82 Å². The van der Waals surface area contributed by atoms with E-state index in [-0.39, 0.29) is 64.9 Å². The summed E-state index contributed by atoms with van der Waals surface area (Å²) in [5, 5.41) is 9.72. The maximum atomic E-state index is 10.9. The van der Waals surface area contributed by atoms with Gasteiger partial charge in [-0.15, -0.1) is 0 Å². The van der Waals surface area contributed by atoms with Gasteiger partial charge in [-0.3, -0.25) is 0 Å². The number of ether oxygens (including phenoxy) is 2. The Balaban J connectivity index is 0.000000176. The molecule has 4 fully saturated rings. The Morgan fingerprint density at radius 2 is 1.15 bits per heavy atom. The number of hydrogen-bond donors (Lipinski definition) is 1. The zero-order chi connectivity index (χ0) is 30.6. The fourth-order valence-corrected chi connectivity index (χ4v) is 9.63. The molecule has 8 aliphatic rings. The van der Waals surface area contributed by atoms with E-state index in [2.05, 4.69) is 16.7 Å². The summed E-state index contributed by atoms with van der Waals surface area (Å²) in [5.74, 6) is 5.98. The van der Waals surface area contributed by atoms with E-state index in [9.17, 15) is 19.5 Å². The number of phenolic OH excluding ortho intramolecular Hbond substituents is 1. The van der Waals surface area contributed by atoms with Crippen LogP contribution in [0.5, 0.6) is 11.5 Å². The second kappa shape index (κ2) is 14.7. The van der Waals surface area contributed by atoms with Crippen LogP contribution in [0.15, 0.2) is 83.0 Å². The van der Waals surface area contributed by atoms with E-state index in [1.807, 2.05) is 24.3 Å². The van der Waals surface area contributed by atoms with Gasteiger partial charge in [-0.05, 0) is 122 Å². The Morgan fingerprint density at radius 1 is 0.717 bits per heavy atom. The van der Waals surface area contributed by atoms with Crippen molar-refractivity contribution in [2.24, 2.45) is 35.5 Å². The molecule has 8 aliphatic carbocycles. The number of benzene rings is 2. The predicted octanol–water partition coefficient (Wildman–Crippen LogP) is 0.762. The number of phosphoric acid groups is 1. The molecule has 0 saturated heterocycles. The van der Waals surface area contributed by atoms with E-state index >= 15 is 0 Å². The molecule has 10 rings (SSSR count). The van der Waals surface area contributed by atoms with Crippen LogP contribution in [0.2, 0.25) is 0 Å². The van der Waals surface area contributed by atoms with Gasteiger partial charge >= 0.3 is 59.1 Å². The van der Waals surface area contributed by atoms with Crippen molar-refractivity contribution in [3.63, 3.8) is 0 Å². The summed E-state index contributed by atoms with van der Waals surface area (Å²) in [6, 6.07) is 14.0. The van der Waals surface area contributed by atoms with Gasteiger partial charge in [-0.1, -0.05) is 47.6 Å². The van der Waals surface area contributed by atoms with Crippen molar-refractivity contribution in [3.8, 4) is 11.5 Å². The molecule has 0 radical (unpaired) electrons. The molecule has 4 saturated carbocycles. The Labute approximate surface area is 316 Å². The summed E-state index contributed by atoms with van der Waals surface area (Å²) in [5.41, 5.74) is 7.87. The monoisotopic (exact) mass is 660 g/mol. The van der Waals surface area contributed by atoms with Gasteiger partial charge in [0.15, 0.2) is 0 Å². The molecule has 232 valence electrons. The molecule has 4 unspecified atom stereocenters. The van der Waals surface area contributed by atoms with Crippen molar-refractivity contribution in [3.05, 3.63) is 94.1 Å². The Kier molecular flexibility index (Phi) is 11.5. The fourth-order valence-electron chi connectivity index (χ4n) is 9.26. The quantitative estimate of drug-likeness (QED) is 0.211. The van der Waals surface area contributed by atoms with Gasteiger partial charge in [0, 0.05) is 11.1 Å². The summed E-state index contributed by atoms with van der Waals surface area (Å²) in [7, 11) is -1.66. The number of allylic oxidation sites excluding steroid dienone is 6. The zero-order valence-corrected chi connectivity index (χ0v) is 32.1. The molecule has 10 heteroatoms. The van der Waals surface area contributed by atoms with E-state index in [1.54, 1.807) is 43.6 Å². The molecule has 7 nitrogen and oxygen atoms in total. The van der Waals surface area contributed by atoms with Gasteiger partial charge in [-0.25, -0.2) is 0 Å². The molecular formula is C36H39Na2O7P. The molecule has 1 N–H and O–H groups in total. The maximum Gasteiger partial charge on any atom is 1.00 e. The first-order chi connectivity index (χ1) is 21.2. The third-order valence-electron chi connectivity index (χ3n) is 10.4. The van der Waals surface area contributed by atoms with Crippen LogP contribution in [0.25, 0.3) is 11.5 Å². The molecule has 2 aromatic carbocycles. The number of rotatable bonds is 6. The van der Waals surface area contributed by atoms with Gasteiger partial charge in [0.1, 0.15) is 30.8 Å². The van der Waals surface area contributed by atoms with Gasteiger partial charge in [0.25, 0.3) is 0 Å². The van der Waals surface area contributed by atoms with E-state index in [4.69, 9.17) is 9.47 Å². The third kappa shape index (κ3) is 7.49. The van der Waals surface area contributed by atoms with Crippen molar-refractivity contribution in [2.75, 3.05) is 14.2 Å². The Bertz CT molecular complexity index is 1600. The average molecular weight is 661 g/mol. The maximum absolute atomic E-state index is 10.9. The zero-order valence-electron chi connectivity index (χ0n) is 27.2. The number of phosphoric ester groups is 1. The summed E-state index contributed by atoms with van der Waals surface area (Å²) < 4.78 is 26.8. The van der Waals surface area contributed by atoms with Crippen LogP contribution in [-0.4, -0.2) is 19.3 Å². The van der Waals surface area contributed by atoms with Crippen LogP contribution < -0.4 is 73.4 Å². The topological polar surface area (TPSA) is 111 Å². The van der Waals surface area contributed by atoms with Crippen LogP contribution in [0.4, 0.5) is 0 Å². The van der Waals surface area contributed by atoms with Crippen molar-refractivity contribution < 1.29 is 92.6 Å². The molecule has 0 spiro atoms. The fraction of sp³-hybridized carbons (Fsp3) is 0.444. The first-order valence-electron chi connectivity index (χ1n) is 15.7. The molecule has 2 aromatic rings. The number of aromatic hydroxyl groups is 1. The van der Waals surface area contributed by atoms with Crippen LogP contribution in [0.3, 0.4) is 0 Å². The average Bonchev–Trinajstić information content (AvgIpc) is 2.96. The third-order valence-corrected chi connectivity index (χ3v) is 10.9. The van der Waals surface area contributed by atoms with Gasteiger partial charge in [0.05, 0.1) is 14.2 Å². The first kappa shape index (κ1) is 36.0. The van der Waals surface area contributed by atoms with Crippen molar-refractivity contribution in [1.29, 1.82) is 0 Å². The summed E-state index contributed by atoms with van der Waals surface area (Å²) >= 11 is 0. The van der Waals surface area contributed by atoms with Crippen LogP contribution >= 0.6 is 7.82 Å². The second-order valence-corrected chi connectivity index (χ2v) is 14.4. The first-order valence-corrected chi connectivity index (χ1v) is 17.2. The standard InChI is InChI=1S/C18H21O5P.C18H20O2.2Na/c1-22-18(13-3-2-4-16(10-13)23-24(19,20)21)17-14-6-11-5-12(8-14)9-15(17)7-11;1-20-18(13-3-2-4-16(19)10-13)17-14-6-11-5-12(8-14)9-15(17)7-11;;/h2-5,10-11,14-15H,6-9H2,1H3,(H2,19,20,21);2-5,10-11,14-15,19H,6-9H2,1H3;;/q;;2*+1/p-2. The van der Waals surface area contributed by atoms with Crippen molar-refractivity contribution in [1.82, 2.24) is 0 Å². The molecule has 0 aromatic heterocycles. The molecule has 8 bridgehead atoms. The number of methoxy groups -OCH3 is 2. The van der Waals surface area contributed by atoms with E-state index in [1.165, 1.54) is 42.9 Å². The number of hydrogen-bond acceptors (Lipinski definition) is 7. The molecule has 46 heavy (non-hydrogen) atoms. The largest absolute Gasteiger partial charge is 1.00 e. The normalized spacial score (nSPS) is 27.7. The number of phenols is 1. The SMILES string of the molecule is COC(=C1C2CC3=CC(C2)CC1C3)c1cccc(O)c1.COC(=C1C2CC3=CC(C2)CC1C3)c1cccc(OP(=O)([O-])[O-])c1.[Na+].[Na+]. The van der Waals surface area contributed by atoms with Gasteiger partial charge in [0.2, 0.25) is 0 Å². The van der Waals surface area contributed by atoms with Crippen LogP contribution in [0, 0.1) is 35.5 Å². The Hall–Kier alpha value is -1.25. The molecular weight excluding hydrogens is 621 g/mol. The summed E-state index contributed by atoms with van der Waals surface area (Å²) in [4.78, 5) is 21.7. The molecule has 0 aliphatic heterocycles. The minimum absolute atomic E-state index is 0. The predicted molar refractivity (Wildman–Crippen MR) is 165 cm³/mol. The smallest absolute Gasteiger partial charge is 0.780 e. The van der Waals surface area contributed by atoms with E-state index in [0.29, 0.717) is 35.3 Å². The second-order valence-electron chi connectivity index (χ2n) is 13.3. The summed E-state index contributed by atoms with van der Waals surface area (Å²) in [6.07, 6.45) is 14.5. The van der Waals surface area contributed by atoms with E-state index in [0.717, 1.165) is 54.2 Å². The van der Waals surface area contributed by atoms with Gasteiger partial charge in [-0.2, -0.15) is 0 Å².